The molecule has 0 radical (unpaired) electrons. The van der Waals surface area contributed by atoms with E-state index in [2.05, 4.69) is 5.32 Å². The molecule has 2 aromatic heterocycles. The van der Waals surface area contributed by atoms with Crippen LogP contribution in [0, 0.1) is 5.82 Å². The fourth-order valence-electron chi connectivity index (χ4n) is 5.94. The number of pyridine rings is 2. The smallest absolute Gasteiger partial charge is 0.343 e. The lowest BCUT2D eigenvalue weighted by Crippen LogP contribution is -2.44. The number of carbonyl (C=O) groups excluding carboxylic acids is 2. The van der Waals surface area contributed by atoms with Gasteiger partial charge in [0.1, 0.15) is 18.5 Å². The van der Waals surface area contributed by atoms with Crippen LogP contribution in [0.3, 0.4) is 0 Å². The Balaban J connectivity index is 1.62. The number of hydrogen-bond acceptors (Lipinski definition) is 7. The van der Waals surface area contributed by atoms with Gasteiger partial charge in [-0.3, -0.25) is 9.59 Å². The molecule has 3 aliphatic rings. The van der Waals surface area contributed by atoms with Crippen LogP contribution in [0.2, 0.25) is 0 Å². The van der Waals surface area contributed by atoms with Gasteiger partial charge in [0.25, 0.3) is 5.56 Å². The van der Waals surface area contributed by atoms with Crippen molar-refractivity contribution in [3.05, 3.63) is 61.7 Å². The van der Waals surface area contributed by atoms with Crippen LogP contribution < -0.4 is 10.9 Å². The number of benzene rings is 1. The number of halogens is 1. The fraction of sp³-hybridized carbons (Fsp3) is 0.407. The molecule has 4 heterocycles. The number of fused-ring (bicyclic) bond motifs is 7. The molecule has 0 spiro atoms. The van der Waals surface area contributed by atoms with Crippen LogP contribution in [0.15, 0.2) is 16.9 Å². The van der Waals surface area contributed by atoms with Crippen molar-refractivity contribution in [3.63, 3.8) is 0 Å². The second-order valence-corrected chi connectivity index (χ2v) is 9.98. The summed E-state index contributed by atoms with van der Waals surface area (Å²) in [5.74, 6) is -1.70. The zero-order chi connectivity index (χ0) is 26.2. The van der Waals surface area contributed by atoms with E-state index in [1.807, 2.05) is 0 Å². The van der Waals surface area contributed by atoms with Crippen molar-refractivity contribution in [1.29, 1.82) is 0 Å². The molecule has 0 saturated carbocycles. The first-order valence-electron chi connectivity index (χ1n) is 12.4. The fourth-order valence-corrected chi connectivity index (χ4v) is 5.94. The number of cyclic esters (lactones) is 1. The van der Waals surface area contributed by atoms with Gasteiger partial charge in [0.05, 0.1) is 29.0 Å². The molecule has 3 aromatic rings. The van der Waals surface area contributed by atoms with E-state index in [1.165, 1.54) is 17.6 Å². The maximum atomic E-state index is 15.0. The maximum absolute atomic E-state index is 15.0. The molecule has 192 valence electrons. The van der Waals surface area contributed by atoms with Crippen molar-refractivity contribution in [2.75, 3.05) is 0 Å². The number of hydrogen-bond donors (Lipinski definition) is 3. The molecule has 3 N–H and O–H groups in total. The Kier molecular flexibility index (Phi) is 5.26. The first-order valence-corrected chi connectivity index (χ1v) is 12.4. The number of nitrogens with zero attached hydrogens (tertiary/aromatic N) is 2. The van der Waals surface area contributed by atoms with E-state index < -0.39 is 29.1 Å². The highest BCUT2D eigenvalue weighted by atomic mass is 19.1. The van der Waals surface area contributed by atoms with Gasteiger partial charge in [-0.1, -0.05) is 6.92 Å². The molecule has 9 nitrogen and oxygen atoms in total. The Hall–Kier alpha value is -3.63. The van der Waals surface area contributed by atoms with E-state index >= 15 is 4.39 Å². The van der Waals surface area contributed by atoms with Crippen molar-refractivity contribution in [3.8, 4) is 11.4 Å². The van der Waals surface area contributed by atoms with Gasteiger partial charge in [0.15, 0.2) is 5.60 Å². The van der Waals surface area contributed by atoms with Crippen LogP contribution in [0.1, 0.15) is 60.1 Å². The molecular formula is C27H26FN3O6. The molecule has 0 saturated heterocycles. The van der Waals surface area contributed by atoms with E-state index in [1.54, 1.807) is 13.0 Å². The molecule has 0 fully saturated rings. The first-order chi connectivity index (χ1) is 17.7. The maximum Gasteiger partial charge on any atom is 0.343 e. The predicted octanol–water partition coefficient (Wildman–Crippen LogP) is 1.70. The number of rotatable bonds is 4. The zero-order valence-corrected chi connectivity index (χ0v) is 20.5. The monoisotopic (exact) mass is 507 g/mol. The number of aliphatic hydroxyl groups is 2. The van der Waals surface area contributed by atoms with Crippen LogP contribution in [0.5, 0.6) is 0 Å². The highest BCUT2D eigenvalue weighted by molar-refractivity contribution is 5.93. The summed E-state index contributed by atoms with van der Waals surface area (Å²) in [6.45, 7) is 2.98. The zero-order valence-electron chi connectivity index (χ0n) is 20.5. The summed E-state index contributed by atoms with van der Waals surface area (Å²) in [5, 5.41) is 24.3. The summed E-state index contributed by atoms with van der Waals surface area (Å²) < 4.78 is 21.7. The largest absolute Gasteiger partial charge is 0.458 e. The molecule has 1 aliphatic carbocycles. The molecule has 2 aliphatic heterocycles. The summed E-state index contributed by atoms with van der Waals surface area (Å²) in [5.41, 5.74) is 2.21. The lowest BCUT2D eigenvalue weighted by molar-refractivity contribution is -0.172. The number of nitrogens with one attached hydrogen (secondary N) is 1. The summed E-state index contributed by atoms with van der Waals surface area (Å²) >= 11 is 0. The molecule has 0 unspecified atom stereocenters. The Morgan fingerprint density at radius 3 is 2.73 bits per heavy atom. The molecule has 10 heteroatoms. The highest BCUT2D eigenvalue weighted by Crippen LogP contribution is 2.42. The van der Waals surface area contributed by atoms with Crippen molar-refractivity contribution >= 4 is 22.8 Å². The van der Waals surface area contributed by atoms with Crippen LogP contribution in [0.25, 0.3) is 22.3 Å². The number of ether oxygens (including phenoxy) is 1. The van der Waals surface area contributed by atoms with E-state index in [9.17, 15) is 24.6 Å². The van der Waals surface area contributed by atoms with E-state index in [4.69, 9.17) is 9.72 Å². The van der Waals surface area contributed by atoms with Crippen LogP contribution in [0.4, 0.5) is 4.39 Å². The summed E-state index contributed by atoms with van der Waals surface area (Å²) in [7, 11) is 0. The first kappa shape index (κ1) is 23.7. The average molecular weight is 508 g/mol. The number of carbonyl (C=O) groups is 2. The third-order valence-corrected chi connectivity index (χ3v) is 7.93. The molecule has 0 bridgehead atoms. The van der Waals surface area contributed by atoms with Crippen molar-refractivity contribution in [2.24, 2.45) is 0 Å². The minimum Gasteiger partial charge on any atom is -0.458 e. The van der Waals surface area contributed by atoms with Crippen molar-refractivity contribution in [2.45, 2.75) is 70.9 Å². The van der Waals surface area contributed by atoms with E-state index in [0.717, 1.165) is 17.4 Å². The van der Waals surface area contributed by atoms with Crippen LogP contribution in [-0.2, 0) is 52.5 Å². The average Bonchev–Trinajstić information content (AvgIpc) is 3.50. The highest BCUT2D eigenvalue weighted by Gasteiger charge is 2.45. The summed E-state index contributed by atoms with van der Waals surface area (Å²) in [6, 6.07) is 2.99. The minimum absolute atomic E-state index is 0.0215. The van der Waals surface area contributed by atoms with E-state index in [0.29, 0.717) is 46.4 Å². The van der Waals surface area contributed by atoms with Crippen LogP contribution >= 0.6 is 0 Å². The molecule has 37 heavy (non-hydrogen) atoms. The summed E-state index contributed by atoms with van der Waals surface area (Å²) in [6.07, 6.45) is 0.904. The predicted molar refractivity (Wildman–Crippen MR) is 130 cm³/mol. The van der Waals surface area contributed by atoms with Gasteiger partial charge in [0, 0.05) is 29.1 Å². The standard InChI is InChI=1S/C27H26FN3O6/c1-3-27(36)18-7-21-23-16(10-31(21)25(34)17(18)11-37-26(27)35)15(9-29-24(33)12(2)32)22-14-6-4-5-13(14)19(28)8-20(22)30-23/h7-8,12,32,36H,3-6,9-11H2,1-2H3,(H,29,33)/t12-,27-/m0/s1. The number of amides is 1. The Morgan fingerprint density at radius 2 is 2.00 bits per heavy atom. The van der Waals surface area contributed by atoms with Gasteiger partial charge >= 0.3 is 5.97 Å². The van der Waals surface area contributed by atoms with Gasteiger partial charge in [-0.15, -0.1) is 0 Å². The molecule has 1 amide bonds. The number of aryl methyl sites for hydroxylation is 1. The minimum atomic E-state index is -1.96. The van der Waals surface area contributed by atoms with Gasteiger partial charge in [-0.05, 0) is 55.4 Å². The normalized spacial score (nSPS) is 20.2. The molecular weight excluding hydrogens is 481 g/mol. The van der Waals surface area contributed by atoms with Gasteiger partial charge in [0.2, 0.25) is 5.91 Å². The molecule has 6 rings (SSSR count). The Morgan fingerprint density at radius 1 is 1.24 bits per heavy atom. The third kappa shape index (κ3) is 3.28. The number of aliphatic hydroxyl groups excluding tert-OH is 1. The van der Waals surface area contributed by atoms with Crippen molar-refractivity contribution < 1.29 is 28.9 Å². The second kappa shape index (κ2) is 8.19. The van der Waals surface area contributed by atoms with E-state index in [-0.39, 0.29) is 43.1 Å². The topological polar surface area (TPSA) is 131 Å². The number of aromatic nitrogens is 2. The molecule has 1 aromatic carbocycles. The number of esters is 1. The van der Waals surface area contributed by atoms with Gasteiger partial charge in [-0.25, -0.2) is 14.2 Å². The summed E-state index contributed by atoms with van der Waals surface area (Å²) in [4.78, 5) is 43.0. The SMILES string of the molecule is CC[C@@]1(O)C(=O)OCc2c1cc1n(c2=O)Cc2c-1nc1cc(F)c3c(c1c2CNC(=O)[C@H](C)O)CCC3. The van der Waals surface area contributed by atoms with Gasteiger partial charge < -0.3 is 24.8 Å². The third-order valence-electron chi connectivity index (χ3n) is 7.93. The van der Waals surface area contributed by atoms with Crippen LogP contribution in [-0.4, -0.2) is 37.7 Å². The molecule has 2 atom stereocenters. The Bertz CT molecular complexity index is 1590. The Labute approximate surface area is 210 Å². The lowest BCUT2D eigenvalue weighted by Gasteiger charge is -2.31. The van der Waals surface area contributed by atoms with Crippen molar-refractivity contribution in [1.82, 2.24) is 14.9 Å². The second-order valence-electron chi connectivity index (χ2n) is 9.98. The van der Waals surface area contributed by atoms with Gasteiger partial charge in [-0.2, -0.15) is 0 Å². The lowest BCUT2D eigenvalue weighted by atomic mass is 9.86. The quantitative estimate of drug-likeness (QED) is 0.359.